The van der Waals surface area contributed by atoms with Gasteiger partial charge >= 0.3 is 0 Å². The fraction of sp³-hybridized carbons (Fsp3) is 0.667. The molecule has 0 saturated heterocycles. The van der Waals surface area contributed by atoms with Crippen LogP contribution in [0.15, 0.2) is 12.2 Å². The number of hydrogen-bond donors (Lipinski definition) is 2. The highest BCUT2D eigenvalue weighted by Gasteiger charge is 1.72. The molecular formula is C6H12S2. The molecule has 0 rings (SSSR count). The van der Waals surface area contributed by atoms with Gasteiger partial charge in [0.1, 0.15) is 0 Å². The SMILES string of the molecule is SCC/C=C/CCS. The molecule has 0 aliphatic carbocycles. The van der Waals surface area contributed by atoms with Crippen molar-refractivity contribution in [2.45, 2.75) is 12.8 Å². The molecule has 2 heteroatoms. The molecule has 0 atom stereocenters. The van der Waals surface area contributed by atoms with Gasteiger partial charge in [-0.1, -0.05) is 12.2 Å². The van der Waals surface area contributed by atoms with Crippen molar-refractivity contribution >= 4 is 25.3 Å². The molecule has 0 radical (unpaired) electrons. The molecule has 0 bridgehead atoms. The van der Waals surface area contributed by atoms with E-state index in [1.54, 1.807) is 0 Å². The lowest BCUT2D eigenvalue weighted by molar-refractivity contribution is 1.18. The zero-order valence-corrected chi connectivity index (χ0v) is 6.67. The van der Waals surface area contributed by atoms with Crippen LogP contribution in [0.4, 0.5) is 0 Å². The monoisotopic (exact) mass is 148 g/mol. The molecule has 0 aliphatic heterocycles. The van der Waals surface area contributed by atoms with Gasteiger partial charge in [0.25, 0.3) is 0 Å². The van der Waals surface area contributed by atoms with Crippen LogP contribution in [0.3, 0.4) is 0 Å². The minimum atomic E-state index is 0.947. The van der Waals surface area contributed by atoms with E-state index in [2.05, 4.69) is 37.4 Å². The predicted molar refractivity (Wildman–Crippen MR) is 46.1 cm³/mol. The van der Waals surface area contributed by atoms with Gasteiger partial charge < -0.3 is 0 Å². The predicted octanol–water partition coefficient (Wildman–Crippen LogP) is 2.18. The second-order valence-electron chi connectivity index (χ2n) is 1.50. The summed E-state index contributed by atoms with van der Waals surface area (Å²) in [5.41, 5.74) is 0. The van der Waals surface area contributed by atoms with E-state index in [4.69, 9.17) is 0 Å². The normalized spacial score (nSPS) is 10.8. The molecule has 48 valence electrons. The molecule has 0 aromatic carbocycles. The fourth-order valence-corrected chi connectivity index (χ4v) is 0.683. The third kappa shape index (κ3) is 6.44. The van der Waals surface area contributed by atoms with Crippen molar-refractivity contribution < 1.29 is 0 Å². The molecule has 0 aromatic rings. The molecule has 8 heavy (non-hydrogen) atoms. The van der Waals surface area contributed by atoms with E-state index in [-0.39, 0.29) is 0 Å². The average molecular weight is 148 g/mol. The van der Waals surface area contributed by atoms with Crippen molar-refractivity contribution in [1.29, 1.82) is 0 Å². The van der Waals surface area contributed by atoms with Crippen LogP contribution in [0.5, 0.6) is 0 Å². The summed E-state index contributed by atoms with van der Waals surface area (Å²) in [6, 6.07) is 0. The van der Waals surface area contributed by atoms with Crippen LogP contribution in [0.1, 0.15) is 12.8 Å². The molecule has 0 saturated carbocycles. The number of allylic oxidation sites excluding steroid dienone is 2. The lowest BCUT2D eigenvalue weighted by Gasteiger charge is -1.82. The Morgan fingerprint density at radius 3 is 1.50 bits per heavy atom. The summed E-state index contributed by atoms with van der Waals surface area (Å²) < 4.78 is 0. The standard InChI is InChI=1S/C6H12S2/c7-5-3-1-2-4-6-8/h1-2,7-8H,3-6H2/b2-1+. The highest BCUT2D eigenvalue weighted by molar-refractivity contribution is 7.80. The highest BCUT2D eigenvalue weighted by atomic mass is 32.1. The molecule has 0 aromatic heterocycles. The number of rotatable bonds is 4. The average Bonchev–Trinajstić information content (AvgIpc) is 1.81. The van der Waals surface area contributed by atoms with E-state index < -0.39 is 0 Å². The summed E-state index contributed by atoms with van der Waals surface area (Å²) in [4.78, 5) is 0. The summed E-state index contributed by atoms with van der Waals surface area (Å²) in [6.45, 7) is 0. The molecule has 0 spiro atoms. The first-order valence-electron chi connectivity index (χ1n) is 2.78. The molecule has 0 aliphatic rings. The molecule has 0 fully saturated rings. The van der Waals surface area contributed by atoms with E-state index >= 15 is 0 Å². The van der Waals surface area contributed by atoms with Crippen molar-refractivity contribution in [1.82, 2.24) is 0 Å². The van der Waals surface area contributed by atoms with Crippen molar-refractivity contribution in [2.75, 3.05) is 11.5 Å². The molecule has 0 amide bonds. The minimum absolute atomic E-state index is 0.947. The fourth-order valence-electron chi connectivity index (χ4n) is 0.385. The van der Waals surface area contributed by atoms with Crippen LogP contribution < -0.4 is 0 Å². The topological polar surface area (TPSA) is 0 Å². The maximum atomic E-state index is 4.05. The summed E-state index contributed by atoms with van der Waals surface area (Å²) >= 11 is 8.10. The second kappa shape index (κ2) is 7.44. The molecule has 0 N–H and O–H groups in total. The molecule has 0 heterocycles. The van der Waals surface area contributed by atoms with Gasteiger partial charge in [-0.2, -0.15) is 25.3 Å². The summed E-state index contributed by atoms with van der Waals surface area (Å²) in [7, 11) is 0. The summed E-state index contributed by atoms with van der Waals surface area (Å²) in [5, 5.41) is 0. The first-order valence-corrected chi connectivity index (χ1v) is 4.05. The van der Waals surface area contributed by atoms with Crippen LogP contribution in [-0.4, -0.2) is 11.5 Å². The van der Waals surface area contributed by atoms with Gasteiger partial charge in [0.2, 0.25) is 0 Å². The summed E-state index contributed by atoms with van der Waals surface area (Å²) in [6.07, 6.45) is 6.44. The van der Waals surface area contributed by atoms with Crippen LogP contribution >= 0.6 is 25.3 Å². The first kappa shape index (κ1) is 8.44. The minimum Gasteiger partial charge on any atom is -0.179 e. The van der Waals surface area contributed by atoms with Gasteiger partial charge in [-0.15, -0.1) is 0 Å². The van der Waals surface area contributed by atoms with Crippen LogP contribution in [0.25, 0.3) is 0 Å². The van der Waals surface area contributed by atoms with Gasteiger partial charge in [0.15, 0.2) is 0 Å². The van der Waals surface area contributed by atoms with Crippen molar-refractivity contribution in [2.24, 2.45) is 0 Å². The first-order chi connectivity index (χ1) is 3.91. The Balaban J connectivity index is 2.83. The lowest BCUT2D eigenvalue weighted by Crippen LogP contribution is -1.69. The van der Waals surface area contributed by atoms with Crippen LogP contribution in [0, 0.1) is 0 Å². The van der Waals surface area contributed by atoms with Crippen molar-refractivity contribution in [3.8, 4) is 0 Å². The zero-order chi connectivity index (χ0) is 6.24. The Hall–Kier alpha value is 0.440. The van der Waals surface area contributed by atoms with E-state index in [0.717, 1.165) is 24.3 Å². The summed E-state index contributed by atoms with van der Waals surface area (Å²) in [5.74, 6) is 1.89. The Morgan fingerprint density at radius 2 is 1.25 bits per heavy atom. The van der Waals surface area contributed by atoms with Crippen LogP contribution in [0.2, 0.25) is 0 Å². The Labute approximate surface area is 62.2 Å². The Kier molecular flexibility index (Phi) is 7.85. The van der Waals surface area contributed by atoms with E-state index in [1.807, 2.05) is 0 Å². The van der Waals surface area contributed by atoms with Crippen LogP contribution in [-0.2, 0) is 0 Å². The molecule has 0 unspecified atom stereocenters. The van der Waals surface area contributed by atoms with Gasteiger partial charge in [0, 0.05) is 0 Å². The third-order valence-corrected chi connectivity index (χ3v) is 1.27. The Morgan fingerprint density at radius 1 is 0.875 bits per heavy atom. The second-order valence-corrected chi connectivity index (χ2v) is 2.39. The molecular weight excluding hydrogens is 136 g/mol. The Bertz CT molecular complexity index is 51.5. The maximum absolute atomic E-state index is 4.05. The largest absolute Gasteiger partial charge is 0.179 e. The lowest BCUT2D eigenvalue weighted by atomic mass is 10.3. The quantitative estimate of drug-likeness (QED) is 0.443. The number of hydrogen-bond acceptors (Lipinski definition) is 2. The van der Waals surface area contributed by atoms with Crippen molar-refractivity contribution in [3.05, 3.63) is 12.2 Å². The molecule has 0 nitrogen and oxygen atoms in total. The van der Waals surface area contributed by atoms with E-state index in [1.165, 1.54) is 0 Å². The maximum Gasteiger partial charge on any atom is -0.00633 e. The van der Waals surface area contributed by atoms with Gasteiger partial charge in [0.05, 0.1) is 0 Å². The highest BCUT2D eigenvalue weighted by Crippen LogP contribution is 1.90. The van der Waals surface area contributed by atoms with Gasteiger partial charge in [-0.3, -0.25) is 0 Å². The van der Waals surface area contributed by atoms with E-state index in [9.17, 15) is 0 Å². The third-order valence-electron chi connectivity index (χ3n) is 0.758. The van der Waals surface area contributed by atoms with Crippen molar-refractivity contribution in [3.63, 3.8) is 0 Å². The smallest absolute Gasteiger partial charge is 0.00633 e. The zero-order valence-electron chi connectivity index (χ0n) is 4.88. The van der Waals surface area contributed by atoms with Gasteiger partial charge in [-0.05, 0) is 24.3 Å². The van der Waals surface area contributed by atoms with E-state index in [0.29, 0.717) is 0 Å². The van der Waals surface area contributed by atoms with Gasteiger partial charge in [-0.25, -0.2) is 0 Å². The number of thiol groups is 2.